The number of hydrogen-bond donors (Lipinski definition) is 0. The summed E-state index contributed by atoms with van der Waals surface area (Å²) in [5.74, 6) is 1.54. The molecule has 2 heterocycles. The standard InChI is InChI=1S/C18H19N3S/c19-14-20-18(13-17-7-4-12-22-17)21-10-8-16(9-11-21)15-5-2-1-3-6-15/h1-7,12,16H,8-11,13H2. The van der Waals surface area contributed by atoms with Gasteiger partial charge in [-0.1, -0.05) is 36.4 Å². The van der Waals surface area contributed by atoms with Crippen LogP contribution < -0.4 is 0 Å². The second-order valence-corrected chi connectivity index (χ2v) is 6.59. The van der Waals surface area contributed by atoms with Gasteiger partial charge in [-0.25, -0.2) is 0 Å². The number of likely N-dealkylation sites (tertiary alicyclic amines) is 1. The molecule has 0 amide bonds. The summed E-state index contributed by atoms with van der Waals surface area (Å²) in [4.78, 5) is 7.62. The Morgan fingerprint density at radius 3 is 2.59 bits per heavy atom. The summed E-state index contributed by atoms with van der Waals surface area (Å²) in [6.45, 7) is 1.96. The Labute approximate surface area is 135 Å². The molecule has 3 rings (SSSR count). The van der Waals surface area contributed by atoms with Gasteiger partial charge in [-0.05, 0) is 35.8 Å². The molecule has 0 saturated carbocycles. The molecular weight excluding hydrogens is 290 g/mol. The molecule has 1 aromatic carbocycles. The van der Waals surface area contributed by atoms with Crippen LogP contribution in [-0.2, 0) is 6.42 Å². The number of aliphatic imine (C=N–C) groups is 1. The van der Waals surface area contributed by atoms with Crippen molar-refractivity contribution in [2.45, 2.75) is 25.2 Å². The Morgan fingerprint density at radius 2 is 1.95 bits per heavy atom. The van der Waals surface area contributed by atoms with Crippen molar-refractivity contribution in [2.24, 2.45) is 4.99 Å². The highest BCUT2D eigenvalue weighted by atomic mass is 32.1. The maximum atomic E-state index is 8.97. The first-order chi connectivity index (χ1) is 10.9. The lowest BCUT2D eigenvalue weighted by Crippen LogP contribution is -2.38. The fourth-order valence-electron chi connectivity index (χ4n) is 3.04. The van der Waals surface area contributed by atoms with Crippen molar-refractivity contribution < 1.29 is 0 Å². The number of nitrogens with zero attached hydrogens (tertiary/aromatic N) is 3. The first-order valence-electron chi connectivity index (χ1n) is 7.65. The van der Waals surface area contributed by atoms with E-state index in [9.17, 15) is 0 Å². The maximum Gasteiger partial charge on any atom is 0.207 e. The van der Waals surface area contributed by atoms with Crippen molar-refractivity contribution in [1.82, 2.24) is 4.90 Å². The van der Waals surface area contributed by atoms with Gasteiger partial charge in [0.2, 0.25) is 6.19 Å². The normalized spacial score (nSPS) is 16.5. The first-order valence-corrected chi connectivity index (χ1v) is 8.52. The van der Waals surface area contributed by atoms with Gasteiger partial charge in [0.05, 0.1) is 0 Å². The molecule has 3 nitrogen and oxygen atoms in total. The van der Waals surface area contributed by atoms with E-state index in [-0.39, 0.29) is 0 Å². The zero-order valence-electron chi connectivity index (χ0n) is 12.5. The molecule has 0 radical (unpaired) electrons. The lowest BCUT2D eigenvalue weighted by molar-refractivity contribution is 0.310. The third kappa shape index (κ3) is 3.55. The van der Waals surface area contributed by atoms with Crippen molar-refractivity contribution in [2.75, 3.05) is 13.1 Å². The van der Waals surface area contributed by atoms with Gasteiger partial charge in [0.25, 0.3) is 0 Å². The summed E-state index contributed by atoms with van der Waals surface area (Å²) in [5.41, 5.74) is 1.43. The van der Waals surface area contributed by atoms with Gasteiger partial charge in [-0.2, -0.15) is 10.3 Å². The fraction of sp³-hybridized carbons (Fsp3) is 0.333. The second kappa shape index (κ2) is 7.24. The lowest BCUT2D eigenvalue weighted by Gasteiger charge is -2.34. The van der Waals surface area contributed by atoms with E-state index in [1.54, 1.807) is 11.3 Å². The Kier molecular flexibility index (Phi) is 4.87. The van der Waals surface area contributed by atoms with E-state index in [0.717, 1.165) is 38.2 Å². The number of thiophene rings is 1. The van der Waals surface area contributed by atoms with E-state index in [2.05, 4.69) is 51.7 Å². The quantitative estimate of drug-likeness (QED) is 0.487. The van der Waals surface area contributed by atoms with Crippen molar-refractivity contribution in [3.63, 3.8) is 0 Å². The predicted molar refractivity (Wildman–Crippen MR) is 91.1 cm³/mol. The van der Waals surface area contributed by atoms with Gasteiger partial charge in [-0.15, -0.1) is 11.3 Å². The molecule has 1 aromatic heterocycles. The predicted octanol–water partition coefficient (Wildman–Crippen LogP) is 4.05. The molecule has 2 aromatic rings. The molecular formula is C18H19N3S. The van der Waals surface area contributed by atoms with Crippen molar-refractivity contribution in [3.05, 3.63) is 58.3 Å². The van der Waals surface area contributed by atoms with Crippen molar-refractivity contribution >= 4 is 17.2 Å². The van der Waals surface area contributed by atoms with E-state index < -0.39 is 0 Å². The third-order valence-electron chi connectivity index (χ3n) is 4.22. The van der Waals surface area contributed by atoms with Gasteiger partial charge in [0, 0.05) is 24.4 Å². The largest absolute Gasteiger partial charge is 0.359 e. The van der Waals surface area contributed by atoms with Crippen LogP contribution in [0.2, 0.25) is 0 Å². The average molecular weight is 309 g/mol. The van der Waals surface area contributed by atoms with Crippen molar-refractivity contribution in [3.8, 4) is 6.19 Å². The Hall–Kier alpha value is -2.12. The van der Waals surface area contributed by atoms with Crippen LogP contribution in [0.3, 0.4) is 0 Å². The molecule has 1 saturated heterocycles. The summed E-state index contributed by atoms with van der Waals surface area (Å²) in [6, 6.07) is 14.9. The lowest BCUT2D eigenvalue weighted by atomic mass is 9.89. The van der Waals surface area contributed by atoms with Crippen LogP contribution in [0.4, 0.5) is 0 Å². The highest BCUT2D eigenvalue weighted by Gasteiger charge is 2.23. The SMILES string of the molecule is N#CN=C(Cc1cccs1)N1CCC(c2ccccc2)CC1. The Bertz CT molecular complexity index is 647. The second-order valence-electron chi connectivity index (χ2n) is 5.56. The first kappa shape index (κ1) is 14.8. The molecule has 1 aliphatic heterocycles. The van der Waals surface area contributed by atoms with Gasteiger partial charge in [-0.3, -0.25) is 0 Å². The third-order valence-corrected chi connectivity index (χ3v) is 5.10. The summed E-state index contributed by atoms with van der Waals surface area (Å²) in [5, 5.41) is 11.0. The highest BCUT2D eigenvalue weighted by molar-refractivity contribution is 7.10. The smallest absolute Gasteiger partial charge is 0.207 e. The minimum absolute atomic E-state index is 0.627. The van der Waals surface area contributed by atoms with E-state index in [4.69, 9.17) is 5.26 Å². The molecule has 0 spiro atoms. The van der Waals surface area contributed by atoms with Gasteiger partial charge in [0.1, 0.15) is 5.84 Å². The molecule has 0 aliphatic carbocycles. The van der Waals surface area contributed by atoms with Crippen LogP contribution in [0.5, 0.6) is 0 Å². The summed E-state index contributed by atoms with van der Waals surface area (Å²) >= 11 is 1.72. The molecule has 0 atom stereocenters. The number of rotatable bonds is 3. The summed E-state index contributed by atoms with van der Waals surface area (Å²) in [7, 11) is 0. The maximum absolute atomic E-state index is 8.97. The monoisotopic (exact) mass is 309 g/mol. The number of amidine groups is 1. The zero-order valence-corrected chi connectivity index (χ0v) is 13.3. The molecule has 0 bridgehead atoms. The number of hydrogen-bond acceptors (Lipinski definition) is 3. The van der Waals surface area contributed by atoms with Gasteiger partial charge < -0.3 is 4.90 Å². The number of piperidine rings is 1. The zero-order chi connectivity index (χ0) is 15.2. The van der Waals surface area contributed by atoms with Crippen LogP contribution in [0.15, 0.2) is 52.8 Å². The average Bonchev–Trinajstić information content (AvgIpc) is 3.09. The molecule has 22 heavy (non-hydrogen) atoms. The fourth-order valence-corrected chi connectivity index (χ4v) is 3.75. The summed E-state index contributed by atoms with van der Waals surface area (Å²) in [6.07, 6.45) is 4.98. The Balaban J connectivity index is 1.64. The minimum atomic E-state index is 0.627. The number of benzene rings is 1. The number of nitriles is 1. The highest BCUT2D eigenvalue weighted by Crippen LogP contribution is 2.28. The minimum Gasteiger partial charge on any atom is -0.359 e. The van der Waals surface area contributed by atoms with Gasteiger partial charge in [0.15, 0.2) is 0 Å². The van der Waals surface area contributed by atoms with Gasteiger partial charge >= 0.3 is 0 Å². The van der Waals surface area contributed by atoms with E-state index in [1.165, 1.54) is 10.4 Å². The topological polar surface area (TPSA) is 39.4 Å². The van der Waals surface area contributed by atoms with Crippen molar-refractivity contribution in [1.29, 1.82) is 5.26 Å². The molecule has 0 unspecified atom stereocenters. The van der Waals surface area contributed by atoms with Crippen LogP contribution in [0.25, 0.3) is 0 Å². The van der Waals surface area contributed by atoms with Crippen LogP contribution in [0, 0.1) is 11.5 Å². The molecule has 0 N–H and O–H groups in total. The van der Waals surface area contributed by atoms with Crippen LogP contribution >= 0.6 is 11.3 Å². The Morgan fingerprint density at radius 1 is 1.18 bits per heavy atom. The van der Waals surface area contributed by atoms with Crippen LogP contribution in [-0.4, -0.2) is 23.8 Å². The molecule has 1 fully saturated rings. The van der Waals surface area contributed by atoms with E-state index in [1.807, 2.05) is 12.3 Å². The summed E-state index contributed by atoms with van der Waals surface area (Å²) < 4.78 is 0. The van der Waals surface area contributed by atoms with E-state index in [0.29, 0.717) is 5.92 Å². The van der Waals surface area contributed by atoms with E-state index >= 15 is 0 Å². The molecule has 1 aliphatic rings. The molecule has 4 heteroatoms. The molecule has 112 valence electrons. The van der Waals surface area contributed by atoms with Crippen LogP contribution in [0.1, 0.15) is 29.2 Å².